The second kappa shape index (κ2) is 10.0. The Bertz CT molecular complexity index is 1850. The number of pyridine rings is 1. The van der Waals surface area contributed by atoms with Crippen molar-refractivity contribution in [2.24, 2.45) is 0 Å². The predicted molar refractivity (Wildman–Crippen MR) is 146 cm³/mol. The van der Waals surface area contributed by atoms with E-state index in [1.165, 1.54) is 46.5 Å². The first-order valence-corrected chi connectivity index (χ1v) is 13.2. The lowest BCUT2D eigenvalue weighted by molar-refractivity contribution is -0.124. The number of fused-ring (bicyclic) bond motifs is 2. The first kappa shape index (κ1) is 25.4. The number of thiophene rings is 1. The smallest absolute Gasteiger partial charge is 0.311 e. The average Bonchev–Trinajstić information content (AvgIpc) is 3.66. The SMILES string of the molecule is C[C@@H]1C[C@@H](C(=O)NCc2cc3cnc(N)cc3s2)n2c1ncc(NC(=O)c1ncc(-c3ccccc3F)o1)c2=O. The number of carbonyl (C=O) groups is 2. The van der Waals surface area contributed by atoms with Gasteiger partial charge in [-0.1, -0.05) is 19.1 Å². The van der Waals surface area contributed by atoms with Crippen LogP contribution in [0.4, 0.5) is 15.9 Å². The first-order valence-electron chi connectivity index (χ1n) is 12.3. The van der Waals surface area contributed by atoms with E-state index in [0.29, 0.717) is 18.1 Å². The number of halogens is 1. The van der Waals surface area contributed by atoms with Crippen molar-refractivity contribution in [3.8, 4) is 11.3 Å². The zero-order valence-electron chi connectivity index (χ0n) is 21.1. The molecule has 4 N–H and O–H groups in total. The van der Waals surface area contributed by atoms with Gasteiger partial charge in [-0.15, -0.1) is 11.3 Å². The van der Waals surface area contributed by atoms with Gasteiger partial charge in [0.05, 0.1) is 24.5 Å². The second-order valence-corrected chi connectivity index (χ2v) is 10.6. The van der Waals surface area contributed by atoms with Gasteiger partial charge < -0.3 is 20.8 Å². The zero-order chi connectivity index (χ0) is 28.0. The van der Waals surface area contributed by atoms with Crippen LogP contribution in [0.2, 0.25) is 0 Å². The minimum Gasteiger partial charge on any atom is -0.432 e. The molecule has 1 aliphatic rings. The summed E-state index contributed by atoms with van der Waals surface area (Å²) in [7, 11) is 0. The molecule has 0 unspecified atom stereocenters. The zero-order valence-corrected chi connectivity index (χ0v) is 21.9. The van der Waals surface area contributed by atoms with Crippen molar-refractivity contribution in [3.05, 3.63) is 87.8 Å². The molecule has 0 spiro atoms. The average molecular weight is 560 g/mol. The molecule has 6 rings (SSSR count). The van der Waals surface area contributed by atoms with Gasteiger partial charge in [-0.05, 0) is 30.7 Å². The molecule has 2 atom stereocenters. The lowest BCUT2D eigenvalue weighted by Crippen LogP contribution is -2.36. The van der Waals surface area contributed by atoms with Crippen molar-refractivity contribution in [2.45, 2.75) is 31.8 Å². The Hall–Kier alpha value is -4.91. The Morgan fingerprint density at radius 3 is 2.83 bits per heavy atom. The van der Waals surface area contributed by atoms with Crippen molar-refractivity contribution in [1.82, 2.24) is 24.8 Å². The van der Waals surface area contributed by atoms with Gasteiger partial charge in [0, 0.05) is 27.1 Å². The lowest BCUT2D eigenvalue weighted by atomic mass is 10.1. The Morgan fingerprint density at radius 2 is 2.00 bits per heavy atom. The highest BCUT2D eigenvalue weighted by Gasteiger charge is 2.36. The maximum Gasteiger partial charge on any atom is 0.311 e. The van der Waals surface area contributed by atoms with Crippen molar-refractivity contribution < 1.29 is 18.4 Å². The van der Waals surface area contributed by atoms with E-state index < -0.39 is 23.3 Å². The molecule has 0 saturated carbocycles. The Labute approximate surface area is 229 Å². The second-order valence-electron chi connectivity index (χ2n) is 9.40. The molecule has 2 amide bonds. The number of amides is 2. The fraction of sp³-hybridized carbons (Fsp3) is 0.185. The van der Waals surface area contributed by atoms with E-state index in [1.807, 2.05) is 13.0 Å². The minimum atomic E-state index is -0.811. The molecule has 0 aliphatic carbocycles. The molecule has 40 heavy (non-hydrogen) atoms. The first-order chi connectivity index (χ1) is 19.3. The van der Waals surface area contributed by atoms with Gasteiger partial charge in [0.25, 0.3) is 11.4 Å². The number of benzene rings is 1. The fourth-order valence-electron chi connectivity index (χ4n) is 4.73. The number of hydrogen-bond donors (Lipinski definition) is 3. The molecular weight excluding hydrogens is 537 g/mol. The van der Waals surface area contributed by atoms with Crippen LogP contribution in [0.3, 0.4) is 0 Å². The molecule has 0 saturated heterocycles. The highest BCUT2D eigenvalue weighted by molar-refractivity contribution is 7.19. The largest absolute Gasteiger partial charge is 0.432 e. The lowest BCUT2D eigenvalue weighted by Gasteiger charge is -2.15. The van der Waals surface area contributed by atoms with Gasteiger partial charge in [-0.25, -0.2) is 19.3 Å². The topological polar surface area (TPSA) is 158 Å². The van der Waals surface area contributed by atoms with Crippen LogP contribution >= 0.6 is 11.3 Å². The number of hydrogen-bond acceptors (Lipinski definition) is 9. The molecule has 1 aliphatic heterocycles. The Kier molecular flexibility index (Phi) is 6.34. The van der Waals surface area contributed by atoms with E-state index >= 15 is 0 Å². The molecule has 5 aromatic rings. The number of nitrogens with one attached hydrogen (secondary N) is 2. The molecule has 13 heteroatoms. The van der Waals surface area contributed by atoms with Crippen LogP contribution in [-0.4, -0.2) is 31.3 Å². The predicted octanol–water partition coefficient (Wildman–Crippen LogP) is 3.85. The summed E-state index contributed by atoms with van der Waals surface area (Å²) in [6, 6.07) is 8.82. The van der Waals surface area contributed by atoms with Gasteiger partial charge in [0.15, 0.2) is 5.76 Å². The Balaban J connectivity index is 1.20. The highest BCUT2D eigenvalue weighted by Crippen LogP contribution is 2.34. The summed E-state index contributed by atoms with van der Waals surface area (Å²) < 4.78 is 21.8. The van der Waals surface area contributed by atoms with E-state index in [0.717, 1.165) is 15.0 Å². The number of anilines is 2. The highest BCUT2D eigenvalue weighted by atomic mass is 32.1. The monoisotopic (exact) mass is 559 g/mol. The number of aromatic nitrogens is 4. The summed E-state index contributed by atoms with van der Waals surface area (Å²) in [4.78, 5) is 52.7. The van der Waals surface area contributed by atoms with Crippen LogP contribution in [0, 0.1) is 5.82 Å². The standard InChI is InChI=1S/C27H22FN7O4S/c1-13-6-19(24(36)32-10-15-7-14-9-30-22(29)8-21(14)40-15)35-23(13)31-11-18(27(35)38)34-25(37)26-33-12-20(39-26)16-4-2-3-5-17(16)28/h2-5,7-9,11-13,19H,6,10H2,1H3,(H2,29,30)(H,32,36)(H,34,37)/t13-,19+/m1/s1. The van der Waals surface area contributed by atoms with E-state index in [1.54, 1.807) is 18.3 Å². The van der Waals surface area contributed by atoms with E-state index in [2.05, 4.69) is 25.6 Å². The normalized spacial score (nSPS) is 16.1. The molecule has 0 bridgehead atoms. The number of carbonyl (C=O) groups excluding carboxylic acids is 2. The molecule has 5 heterocycles. The van der Waals surface area contributed by atoms with Gasteiger partial charge in [-0.3, -0.25) is 19.0 Å². The van der Waals surface area contributed by atoms with Gasteiger partial charge >= 0.3 is 5.91 Å². The van der Waals surface area contributed by atoms with Crippen LogP contribution < -0.4 is 21.9 Å². The third-order valence-electron chi connectivity index (χ3n) is 6.65. The van der Waals surface area contributed by atoms with E-state index in [9.17, 15) is 18.8 Å². The maximum atomic E-state index is 14.1. The summed E-state index contributed by atoms with van der Waals surface area (Å²) in [5, 5.41) is 6.29. The molecule has 4 aromatic heterocycles. The summed E-state index contributed by atoms with van der Waals surface area (Å²) in [5.41, 5.74) is 5.19. The molecular formula is C27H22FN7O4S. The Morgan fingerprint density at radius 1 is 1.18 bits per heavy atom. The van der Waals surface area contributed by atoms with Crippen LogP contribution in [0.25, 0.3) is 21.4 Å². The summed E-state index contributed by atoms with van der Waals surface area (Å²) in [6.07, 6.45) is 4.54. The number of nitrogen functional groups attached to an aromatic ring is 1. The van der Waals surface area contributed by atoms with Crippen LogP contribution in [0.5, 0.6) is 0 Å². The van der Waals surface area contributed by atoms with Crippen molar-refractivity contribution in [2.75, 3.05) is 11.1 Å². The number of nitrogens with zero attached hydrogens (tertiary/aromatic N) is 4. The van der Waals surface area contributed by atoms with Gasteiger partial charge in [0.1, 0.15) is 29.2 Å². The van der Waals surface area contributed by atoms with Gasteiger partial charge in [0.2, 0.25) is 5.91 Å². The number of rotatable bonds is 6. The summed E-state index contributed by atoms with van der Waals surface area (Å²) in [6.45, 7) is 2.15. The number of oxazole rings is 1. The fourth-order valence-corrected chi connectivity index (χ4v) is 5.75. The van der Waals surface area contributed by atoms with E-state index in [4.69, 9.17) is 10.2 Å². The maximum absolute atomic E-state index is 14.1. The number of nitrogens with two attached hydrogens (primary N) is 1. The molecule has 202 valence electrons. The summed E-state index contributed by atoms with van der Waals surface area (Å²) in [5.74, 6) is -1.25. The van der Waals surface area contributed by atoms with Crippen molar-refractivity contribution in [3.63, 3.8) is 0 Å². The van der Waals surface area contributed by atoms with Crippen LogP contribution in [-0.2, 0) is 11.3 Å². The summed E-state index contributed by atoms with van der Waals surface area (Å²) >= 11 is 1.49. The van der Waals surface area contributed by atoms with Crippen molar-refractivity contribution in [1.29, 1.82) is 0 Å². The van der Waals surface area contributed by atoms with Crippen molar-refractivity contribution >= 4 is 44.7 Å². The van der Waals surface area contributed by atoms with Crippen LogP contribution in [0.1, 0.15) is 46.7 Å². The van der Waals surface area contributed by atoms with E-state index in [-0.39, 0.29) is 41.3 Å². The molecule has 11 nitrogen and oxygen atoms in total. The third kappa shape index (κ3) is 4.60. The molecule has 1 aromatic carbocycles. The van der Waals surface area contributed by atoms with Crippen LogP contribution in [0.15, 0.2) is 64.2 Å². The quantitative estimate of drug-likeness (QED) is 0.283. The minimum absolute atomic E-state index is 0.0657. The molecule has 0 fully saturated rings. The third-order valence-corrected chi connectivity index (χ3v) is 7.75. The van der Waals surface area contributed by atoms with Gasteiger partial charge in [-0.2, -0.15) is 0 Å². The molecule has 0 radical (unpaired) electrons.